The van der Waals surface area contributed by atoms with Gasteiger partial charge in [-0.2, -0.15) is 0 Å². The summed E-state index contributed by atoms with van der Waals surface area (Å²) in [6, 6.07) is 1.90. The second-order valence-electron chi connectivity index (χ2n) is 4.17. The van der Waals surface area contributed by atoms with Crippen molar-refractivity contribution >= 4 is 15.9 Å². The normalized spacial score (nSPS) is 12.7. The Morgan fingerprint density at radius 2 is 2.00 bits per heavy atom. The van der Waals surface area contributed by atoms with Crippen molar-refractivity contribution in [2.45, 2.75) is 13.0 Å². The van der Waals surface area contributed by atoms with Crippen LogP contribution in [0.4, 0.5) is 8.78 Å². The Balaban J connectivity index is 2.54. The van der Waals surface area contributed by atoms with Crippen LogP contribution in [0, 0.1) is 11.6 Å². The number of nitrogens with one attached hydrogen (secondary N) is 1. The van der Waals surface area contributed by atoms with Gasteiger partial charge in [0.1, 0.15) is 17.5 Å². The summed E-state index contributed by atoms with van der Waals surface area (Å²) in [6.07, 6.45) is 3.35. The monoisotopic (exact) mass is 329 g/mol. The fourth-order valence-electron chi connectivity index (χ4n) is 2.01. The third kappa shape index (κ3) is 2.84. The average molecular weight is 330 g/mol. The van der Waals surface area contributed by atoms with E-state index in [0.717, 1.165) is 0 Å². The molecule has 0 saturated carbocycles. The molecular formula is C13H14BrF2N3. The molecule has 0 saturated heterocycles. The predicted octanol–water partition coefficient (Wildman–Crippen LogP) is 3.16. The molecule has 0 radical (unpaired) electrons. The van der Waals surface area contributed by atoms with Crippen molar-refractivity contribution in [1.29, 1.82) is 0 Å². The molecule has 1 atom stereocenters. The zero-order valence-electron chi connectivity index (χ0n) is 10.6. The molecule has 0 bridgehead atoms. The van der Waals surface area contributed by atoms with E-state index in [2.05, 4.69) is 26.2 Å². The van der Waals surface area contributed by atoms with Crippen molar-refractivity contribution in [3.8, 4) is 0 Å². The van der Waals surface area contributed by atoms with Gasteiger partial charge in [0.2, 0.25) is 0 Å². The molecule has 3 nitrogen and oxygen atoms in total. The SMILES string of the molecule is CCNC(c1c(F)cc(Br)cc1F)c1nccn1C. The maximum absolute atomic E-state index is 14.1. The Morgan fingerprint density at radius 1 is 1.37 bits per heavy atom. The van der Waals surface area contributed by atoms with E-state index in [1.165, 1.54) is 12.1 Å². The topological polar surface area (TPSA) is 29.9 Å². The van der Waals surface area contributed by atoms with Crippen LogP contribution in [0.2, 0.25) is 0 Å². The van der Waals surface area contributed by atoms with Crippen LogP contribution in [0.3, 0.4) is 0 Å². The van der Waals surface area contributed by atoms with Crippen LogP contribution < -0.4 is 5.32 Å². The highest BCUT2D eigenvalue weighted by Gasteiger charge is 2.24. The number of benzene rings is 1. The maximum atomic E-state index is 14.1. The third-order valence-corrected chi connectivity index (χ3v) is 3.32. The molecule has 2 aromatic rings. The summed E-state index contributed by atoms with van der Waals surface area (Å²) in [5.41, 5.74) is -0.0145. The van der Waals surface area contributed by atoms with Crippen molar-refractivity contribution in [2.75, 3.05) is 6.54 Å². The van der Waals surface area contributed by atoms with E-state index >= 15 is 0 Å². The first kappa shape index (κ1) is 14.1. The van der Waals surface area contributed by atoms with E-state index < -0.39 is 17.7 Å². The molecule has 1 heterocycles. The van der Waals surface area contributed by atoms with Crippen molar-refractivity contribution in [3.05, 3.63) is 52.0 Å². The third-order valence-electron chi connectivity index (χ3n) is 2.86. The Kier molecular flexibility index (Phi) is 4.31. The Labute approximate surface area is 118 Å². The average Bonchev–Trinajstić information content (AvgIpc) is 2.73. The van der Waals surface area contributed by atoms with E-state index in [1.807, 2.05) is 6.92 Å². The number of hydrogen-bond donors (Lipinski definition) is 1. The molecule has 0 aliphatic rings. The smallest absolute Gasteiger partial charge is 0.132 e. The minimum Gasteiger partial charge on any atom is -0.336 e. The lowest BCUT2D eigenvalue weighted by atomic mass is 10.0. The summed E-state index contributed by atoms with van der Waals surface area (Å²) in [4.78, 5) is 4.17. The molecule has 1 aromatic carbocycles. The first-order valence-corrected chi connectivity index (χ1v) is 6.69. The molecule has 6 heteroatoms. The highest BCUT2D eigenvalue weighted by atomic mass is 79.9. The number of halogens is 3. The fraction of sp³-hybridized carbons (Fsp3) is 0.308. The molecule has 1 unspecified atom stereocenters. The van der Waals surface area contributed by atoms with Gasteiger partial charge in [-0.1, -0.05) is 22.9 Å². The second kappa shape index (κ2) is 5.79. The Hall–Kier alpha value is -1.27. The quantitative estimate of drug-likeness (QED) is 0.933. The van der Waals surface area contributed by atoms with Crippen LogP contribution in [-0.4, -0.2) is 16.1 Å². The van der Waals surface area contributed by atoms with Crippen molar-refractivity contribution < 1.29 is 8.78 Å². The van der Waals surface area contributed by atoms with Crippen LogP contribution in [0.15, 0.2) is 29.0 Å². The van der Waals surface area contributed by atoms with Gasteiger partial charge < -0.3 is 9.88 Å². The Morgan fingerprint density at radius 3 is 2.47 bits per heavy atom. The Bertz CT molecular complexity index is 560. The molecule has 0 amide bonds. The lowest BCUT2D eigenvalue weighted by Gasteiger charge is -2.19. The van der Waals surface area contributed by atoms with Gasteiger partial charge in [0.05, 0.1) is 6.04 Å². The van der Waals surface area contributed by atoms with Gasteiger partial charge in [-0.15, -0.1) is 0 Å². The summed E-state index contributed by atoms with van der Waals surface area (Å²) < 4.78 is 30.2. The van der Waals surface area contributed by atoms with Gasteiger partial charge in [0.15, 0.2) is 0 Å². The minimum absolute atomic E-state index is 0.0145. The standard InChI is InChI=1S/C13H14BrF2N3/c1-3-17-12(13-18-4-5-19(13)2)11-9(15)6-8(14)7-10(11)16/h4-7,12,17H,3H2,1-2H3. The fourth-order valence-corrected chi connectivity index (χ4v) is 2.41. The van der Waals surface area contributed by atoms with E-state index in [-0.39, 0.29) is 5.56 Å². The van der Waals surface area contributed by atoms with Gasteiger partial charge in [0, 0.05) is 29.5 Å². The number of hydrogen-bond acceptors (Lipinski definition) is 2. The molecular weight excluding hydrogens is 316 g/mol. The second-order valence-corrected chi connectivity index (χ2v) is 5.09. The molecule has 2 rings (SSSR count). The summed E-state index contributed by atoms with van der Waals surface area (Å²) >= 11 is 3.08. The van der Waals surface area contributed by atoms with Crippen LogP contribution in [-0.2, 0) is 7.05 Å². The zero-order chi connectivity index (χ0) is 14.0. The van der Waals surface area contributed by atoms with Crippen LogP contribution in [0.5, 0.6) is 0 Å². The van der Waals surface area contributed by atoms with Crippen LogP contribution >= 0.6 is 15.9 Å². The summed E-state index contributed by atoms with van der Waals surface area (Å²) in [7, 11) is 1.79. The number of rotatable bonds is 4. The van der Waals surface area contributed by atoms with Crippen LogP contribution in [0.1, 0.15) is 24.4 Å². The number of aryl methyl sites for hydroxylation is 1. The predicted molar refractivity (Wildman–Crippen MR) is 72.8 cm³/mol. The van der Waals surface area contributed by atoms with Crippen molar-refractivity contribution in [3.63, 3.8) is 0 Å². The van der Waals surface area contributed by atoms with E-state index in [4.69, 9.17) is 0 Å². The van der Waals surface area contributed by atoms with Gasteiger partial charge in [0.25, 0.3) is 0 Å². The molecule has 0 aliphatic heterocycles. The summed E-state index contributed by atoms with van der Waals surface area (Å²) in [5.74, 6) is -0.622. The molecule has 1 aromatic heterocycles. The molecule has 1 N–H and O–H groups in total. The molecule has 0 spiro atoms. The minimum atomic E-state index is -0.613. The number of nitrogens with zero attached hydrogens (tertiary/aromatic N) is 2. The molecule has 0 aliphatic carbocycles. The van der Waals surface area contributed by atoms with Crippen molar-refractivity contribution in [1.82, 2.24) is 14.9 Å². The van der Waals surface area contributed by atoms with E-state index in [0.29, 0.717) is 16.8 Å². The lowest BCUT2D eigenvalue weighted by molar-refractivity contribution is 0.491. The van der Waals surface area contributed by atoms with Gasteiger partial charge in [-0.25, -0.2) is 13.8 Å². The first-order chi connectivity index (χ1) is 9.04. The van der Waals surface area contributed by atoms with Gasteiger partial charge in [-0.05, 0) is 18.7 Å². The van der Waals surface area contributed by atoms with E-state index in [9.17, 15) is 8.78 Å². The van der Waals surface area contributed by atoms with Crippen molar-refractivity contribution in [2.24, 2.45) is 7.05 Å². The number of imidazole rings is 1. The summed E-state index contributed by atoms with van der Waals surface area (Å²) in [6.45, 7) is 2.46. The van der Waals surface area contributed by atoms with Crippen LogP contribution in [0.25, 0.3) is 0 Å². The lowest BCUT2D eigenvalue weighted by Crippen LogP contribution is -2.26. The number of aromatic nitrogens is 2. The largest absolute Gasteiger partial charge is 0.336 e. The molecule has 0 fully saturated rings. The maximum Gasteiger partial charge on any atom is 0.132 e. The highest BCUT2D eigenvalue weighted by Crippen LogP contribution is 2.28. The highest BCUT2D eigenvalue weighted by molar-refractivity contribution is 9.10. The summed E-state index contributed by atoms with van der Waals surface area (Å²) in [5, 5.41) is 3.06. The molecule has 19 heavy (non-hydrogen) atoms. The van der Waals surface area contributed by atoms with Gasteiger partial charge >= 0.3 is 0 Å². The van der Waals surface area contributed by atoms with E-state index in [1.54, 1.807) is 24.0 Å². The first-order valence-electron chi connectivity index (χ1n) is 5.89. The molecule has 102 valence electrons. The van der Waals surface area contributed by atoms with Gasteiger partial charge in [-0.3, -0.25) is 0 Å². The zero-order valence-corrected chi connectivity index (χ0v) is 12.2.